The molecule has 8 heteroatoms. The third-order valence-electron chi connectivity index (χ3n) is 5.99. The van der Waals surface area contributed by atoms with Crippen molar-refractivity contribution in [1.29, 1.82) is 0 Å². The molecule has 1 aliphatic carbocycles. The average Bonchev–Trinajstić information content (AvgIpc) is 3.58. The van der Waals surface area contributed by atoms with Gasteiger partial charge in [0.1, 0.15) is 5.82 Å². The van der Waals surface area contributed by atoms with Crippen molar-refractivity contribution in [2.24, 2.45) is 0 Å². The molecule has 1 atom stereocenters. The number of rotatable bonds is 5. The van der Waals surface area contributed by atoms with Crippen molar-refractivity contribution in [1.82, 2.24) is 4.98 Å². The topological polar surface area (TPSA) is 97.8 Å². The highest BCUT2D eigenvalue weighted by atomic mass is 19.2. The van der Waals surface area contributed by atoms with Crippen LogP contribution in [0.2, 0.25) is 0 Å². The first-order valence-electron chi connectivity index (χ1n) is 11.5. The Kier molecular flexibility index (Phi) is 6.23. The fraction of sp³-hybridized carbons (Fsp3) is 0.296. The number of amides is 1. The molecule has 0 spiro atoms. The largest absolute Gasteiger partial charge is 0.478 e. The van der Waals surface area contributed by atoms with E-state index in [1.807, 2.05) is 26.8 Å². The highest BCUT2D eigenvalue weighted by molar-refractivity contribution is 6.01. The van der Waals surface area contributed by atoms with Gasteiger partial charge in [0.25, 0.3) is 0 Å². The maximum absolute atomic E-state index is 14.0. The van der Waals surface area contributed by atoms with Crippen LogP contribution in [0, 0.1) is 6.92 Å². The Morgan fingerprint density at radius 2 is 1.74 bits per heavy atom. The van der Waals surface area contributed by atoms with E-state index in [9.17, 15) is 19.1 Å². The predicted molar refractivity (Wildman–Crippen MR) is 129 cm³/mol. The van der Waals surface area contributed by atoms with E-state index in [-0.39, 0.29) is 17.2 Å². The van der Waals surface area contributed by atoms with Crippen LogP contribution >= 0.6 is 0 Å². The number of fused-ring (bicyclic) bond motifs is 1. The first-order valence-corrected chi connectivity index (χ1v) is 11.5. The van der Waals surface area contributed by atoms with Gasteiger partial charge in [-0.15, -0.1) is 0 Å². The minimum absolute atomic E-state index is 0.159. The Bertz CT molecular complexity index is 1300. The average molecular weight is 479 g/mol. The van der Waals surface area contributed by atoms with Crippen molar-refractivity contribution < 1.29 is 28.6 Å². The van der Waals surface area contributed by atoms with Crippen LogP contribution in [0.15, 0.2) is 54.6 Å². The second kappa shape index (κ2) is 9.02. The van der Waals surface area contributed by atoms with E-state index < -0.39 is 17.4 Å². The third-order valence-corrected chi connectivity index (χ3v) is 5.99. The quantitative estimate of drug-likeness (QED) is 0.476. The maximum Gasteiger partial charge on any atom is 0.404 e. The normalized spacial score (nSPS) is 18.8. The number of nitrogens with zero attached hydrogens (tertiary/aromatic N) is 1. The molecule has 1 aromatic heterocycles. The van der Waals surface area contributed by atoms with E-state index in [0.29, 0.717) is 35.7 Å². The number of aryl methyl sites for hydroxylation is 1. The van der Waals surface area contributed by atoms with Gasteiger partial charge in [0, 0.05) is 12.5 Å². The highest BCUT2D eigenvalue weighted by Crippen LogP contribution is 2.52. The molecule has 0 radical (unpaired) electrons. The fourth-order valence-corrected chi connectivity index (χ4v) is 4.08. The Morgan fingerprint density at radius 3 is 2.43 bits per heavy atom. The molecule has 7 nitrogen and oxygen atoms in total. The zero-order chi connectivity index (χ0) is 25.4. The number of carboxylic acid groups (broad SMARTS) is 1. The summed E-state index contributed by atoms with van der Waals surface area (Å²) in [6.45, 7) is 7.05. The molecule has 1 saturated carbocycles. The molecule has 2 aromatic carbocycles. The minimum Gasteiger partial charge on any atom is -0.478 e. The second-order valence-electron chi connectivity index (χ2n) is 8.48. The van der Waals surface area contributed by atoms with Gasteiger partial charge in [-0.25, -0.2) is 9.78 Å². The molecule has 1 unspecified atom stereocenters. The van der Waals surface area contributed by atoms with Gasteiger partial charge in [0.2, 0.25) is 5.91 Å². The highest BCUT2D eigenvalue weighted by Gasteiger charge is 2.52. The predicted octanol–water partition coefficient (Wildman–Crippen LogP) is 5.87. The molecule has 0 saturated heterocycles. The lowest BCUT2D eigenvalue weighted by Gasteiger charge is -2.17. The van der Waals surface area contributed by atoms with Crippen LogP contribution in [0.5, 0.6) is 11.5 Å². The molecule has 3 aromatic rings. The second-order valence-corrected chi connectivity index (χ2v) is 8.48. The lowest BCUT2D eigenvalue weighted by Crippen LogP contribution is -2.28. The van der Waals surface area contributed by atoms with Gasteiger partial charge in [-0.3, -0.25) is 4.79 Å². The number of hydrogen-bond acceptors (Lipinski definition) is 5. The zero-order valence-electron chi connectivity index (χ0n) is 20.0. The van der Waals surface area contributed by atoms with Crippen LogP contribution in [0.25, 0.3) is 11.3 Å². The Labute approximate surface area is 202 Å². The van der Waals surface area contributed by atoms with Gasteiger partial charge in [0.05, 0.1) is 16.7 Å². The van der Waals surface area contributed by atoms with Crippen molar-refractivity contribution in [2.45, 2.75) is 52.0 Å². The van der Waals surface area contributed by atoms with Gasteiger partial charge in [0.15, 0.2) is 11.5 Å². The number of ether oxygens (including phenoxy) is 2. The number of aromatic nitrogens is 1. The Balaban J connectivity index is 0.00000141. The SMILES string of the molecule is CC.Cc1ccc(NC(=O)C2(c3ccc4c(c3)OC(C)(F)O4)CC2)nc1-c1cccc(C(=O)O)c1. The summed E-state index contributed by atoms with van der Waals surface area (Å²) in [5, 5.41) is 12.2. The van der Waals surface area contributed by atoms with Crippen LogP contribution in [-0.4, -0.2) is 28.0 Å². The summed E-state index contributed by atoms with van der Waals surface area (Å²) in [4.78, 5) is 29.1. The van der Waals surface area contributed by atoms with Crippen molar-refractivity contribution in [3.63, 3.8) is 0 Å². The van der Waals surface area contributed by atoms with Crippen molar-refractivity contribution in [2.75, 3.05) is 5.32 Å². The number of carboxylic acids is 1. The molecule has 2 heterocycles. The summed E-state index contributed by atoms with van der Waals surface area (Å²) < 4.78 is 24.3. The van der Waals surface area contributed by atoms with E-state index in [4.69, 9.17) is 9.47 Å². The van der Waals surface area contributed by atoms with E-state index in [1.165, 1.54) is 13.0 Å². The zero-order valence-corrected chi connectivity index (χ0v) is 20.0. The molecule has 1 aliphatic heterocycles. The lowest BCUT2D eigenvalue weighted by molar-refractivity contribution is -0.173. The van der Waals surface area contributed by atoms with Crippen molar-refractivity contribution >= 4 is 17.7 Å². The summed E-state index contributed by atoms with van der Waals surface area (Å²) in [6, 6.07) is 12.8. The molecule has 2 aliphatic rings. The van der Waals surface area contributed by atoms with Crippen LogP contribution in [0.1, 0.15) is 55.1 Å². The monoisotopic (exact) mass is 478 g/mol. The van der Waals surface area contributed by atoms with Gasteiger partial charge < -0.3 is 19.9 Å². The van der Waals surface area contributed by atoms with E-state index in [0.717, 1.165) is 11.1 Å². The minimum atomic E-state index is -2.22. The Hall–Kier alpha value is -3.94. The summed E-state index contributed by atoms with van der Waals surface area (Å²) in [5.74, 6) is -0.305. The number of nitrogens with one attached hydrogen (secondary N) is 1. The van der Waals surface area contributed by atoms with E-state index in [1.54, 1.807) is 42.5 Å². The van der Waals surface area contributed by atoms with Crippen molar-refractivity contribution in [3.05, 3.63) is 71.3 Å². The number of carbonyl (C=O) groups excluding carboxylic acids is 1. The molecule has 1 amide bonds. The van der Waals surface area contributed by atoms with E-state index >= 15 is 0 Å². The first-order chi connectivity index (χ1) is 16.7. The van der Waals surface area contributed by atoms with Crippen molar-refractivity contribution in [3.8, 4) is 22.8 Å². The van der Waals surface area contributed by atoms with E-state index in [2.05, 4.69) is 10.3 Å². The number of benzene rings is 2. The van der Waals surface area contributed by atoms with Gasteiger partial charge in [-0.05, 0) is 61.2 Å². The molecular weight excluding hydrogens is 451 g/mol. The lowest BCUT2D eigenvalue weighted by atomic mass is 9.94. The summed E-state index contributed by atoms with van der Waals surface area (Å²) >= 11 is 0. The fourth-order valence-electron chi connectivity index (χ4n) is 4.08. The number of halogens is 1. The number of anilines is 1. The first kappa shape index (κ1) is 24.2. The number of aromatic carboxylic acids is 1. The maximum atomic E-state index is 14.0. The third kappa shape index (κ3) is 4.69. The van der Waals surface area contributed by atoms with Crippen LogP contribution in [0.4, 0.5) is 10.2 Å². The van der Waals surface area contributed by atoms with Gasteiger partial charge in [-0.1, -0.05) is 38.1 Å². The standard InChI is InChI=1S/C25H21FN2O5.C2H6/c1-14-6-9-20(27-21(14)15-4-3-5-16(12-15)22(29)30)28-23(31)25(10-11-25)17-7-8-18-19(13-17)33-24(2,26)32-18;1-2/h3-9,12-13H,10-11H2,1-2H3,(H,29,30)(H,27,28,31);1-2H3. The molecule has 5 rings (SSSR count). The van der Waals surface area contributed by atoms with Crippen LogP contribution in [0.3, 0.4) is 0 Å². The smallest absolute Gasteiger partial charge is 0.404 e. The number of alkyl halides is 1. The van der Waals surface area contributed by atoms with Gasteiger partial charge >= 0.3 is 12.0 Å². The molecule has 0 bridgehead atoms. The number of pyridine rings is 1. The summed E-state index contributed by atoms with van der Waals surface area (Å²) in [7, 11) is 0. The number of carbonyl (C=O) groups is 2. The molecule has 2 N–H and O–H groups in total. The van der Waals surface area contributed by atoms with Crippen LogP contribution in [-0.2, 0) is 10.2 Å². The molecule has 35 heavy (non-hydrogen) atoms. The Morgan fingerprint density at radius 1 is 1.03 bits per heavy atom. The summed E-state index contributed by atoms with van der Waals surface area (Å²) in [5.41, 5.74) is 2.22. The van der Waals surface area contributed by atoms with Gasteiger partial charge in [-0.2, -0.15) is 4.39 Å². The molecular formula is C27H27FN2O5. The summed E-state index contributed by atoms with van der Waals surface area (Å²) in [6.07, 6.45) is 1.29. The van der Waals surface area contributed by atoms with Crippen LogP contribution < -0.4 is 14.8 Å². The number of hydrogen-bond donors (Lipinski definition) is 2. The molecule has 1 fully saturated rings. The molecule has 182 valence electrons.